The van der Waals surface area contributed by atoms with E-state index in [1.807, 2.05) is 18.2 Å². The van der Waals surface area contributed by atoms with Crippen LogP contribution in [0.4, 0.5) is 0 Å². The number of nitrogens with zero attached hydrogens (tertiary/aromatic N) is 1. The molecule has 0 saturated carbocycles. The van der Waals surface area contributed by atoms with Crippen molar-refractivity contribution >= 4 is 28.9 Å². The number of fused-ring (bicyclic) bond motifs is 1. The molecule has 0 fully saturated rings. The van der Waals surface area contributed by atoms with Crippen LogP contribution in [0.5, 0.6) is 5.75 Å². The lowest BCUT2D eigenvalue weighted by atomic mass is 10.1. The van der Waals surface area contributed by atoms with Gasteiger partial charge in [0.2, 0.25) is 0 Å². The maximum atomic E-state index is 10.9. The predicted octanol–water partition coefficient (Wildman–Crippen LogP) is 2.23. The maximum Gasteiger partial charge on any atom is 0.329 e. The van der Waals surface area contributed by atoms with Gasteiger partial charge in [0, 0.05) is 12.2 Å². The molecule has 0 bridgehead atoms. The Balaban J connectivity index is 1.83. The molecule has 1 heterocycles. The van der Waals surface area contributed by atoms with Crippen molar-refractivity contribution in [2.75, 3.05) is 12.9 Å². The number of methoxy groups -OCH3 is 1. The third-order valence-corrected chi connectivity index (χ3v) is 4.39. The van der Waals surface area contributed by atoms with Crippen molar-refractivity contribution in [3.05, 3.63) is 34.9 Å². The van der Waals surface area contributed by atoms with Gasteiger partial charge in [0.15, 0.2) is 6.04 Å². The Morgan fingerprint density at radius 1 is 1.53 bits per heavy atom. The van der Waals surface area contributed by atoms with Crippen molar-refractivity contribution in [1.29, 1.82) is 0 Å². The summed E-state index contributed by atoms with van der Waals surface area (Å²) in [5.41, 5.74) is 3.48. The van der Waals surface area contributed by atoms with Gasteiger partial charge in [-0.1, -0.05) is 6.07 Å². The van der Waals surface area contributed by atoms with Crippen LogP contribution in [0.25, 0.3) is 6.08 Å². The number of carbonyl (C=O) groups is 1. The van der Waals surface area contributed by atoms with E-state index in [0.717, 1.165) is 28.4 Å². The first-order valence-corrected chi connectivity index (χ1v) is 6.97. The topological polar surface area (TPSA) is 58.9 Å². The summed E-state index contributed by atoms with van der Waals surface area (Å²) in [6.45, 7) is 0. The fourth-order valence-electron chi connectivity index (χ4n) is 2.26. The third-order valence-electron chi connectivity index (χ3n) is 3.27. The van der Waals surface area contributed by atoms with Gasteiger partial charge in [-0.05, 0) is 34.9 Å². The van der Waals surface area contributed by atoms with Gasteiger partial charge in [0.1, 0.15) is 5.75 Å². The normalized spacial score (nSPS) is 20.8. The summed E-state index contributed by atoms with van der Waals surface area (Å²) in [4.78, 5) is 15.2. The number of hydrogen-bond donors (Lipinski definition) is 1. The molecule has 0 radical (unpaired) electrons. The third kappa shape index (κ3) is 2.26. The minimum absolute atomic E-state index is 0.529. The average Bonchev–Trinajstić information content (AvgIpc) is 3.04. The number of thioether (sulfide) groups is 1. The minimum Gasteiger partial charge on any atom is -0.497 e. The Bertz CT molecular complexity index is 607. The van der Waals surface area contributed by atoms with E-state index in [1.165, 1.54) is 17.3 Å². The van der Waals surface area contributed by atoms with Crippen LogP contribution in [0.15, 0.2) is 28.8 Å². The summed E-state index contributed by atoms with van der Waals surface area (Å²) in [6.07, 6.45) is 2.88. The highest BCUT2D eigenvalue weighted by Gasteiger charge is 2.28. The van der Waals surface area contributed by atoms with E-state index < -0.39 is 12.0 Å². The molecule has 4 nitrogen and oxygen atoms in total. The summed E-state index contributed by atoms with van der Waals surface area (Å²) in [5, 5.41) is 9.82. The number of aliphatic carboxylic acids is 1. The van der Waals surface area contributed by atoms with Crippen molar-refractivity contribution in [2.45, 2.75) is 12.5 Å². The van der Waals surface area contributed by atoms with Crippen molar-refractivity contribution in [1.82, 2.24) is 0 Å². The lowest BCUT2D eigenvalue weighted by Crippen LogP contribution is -2.17. The molecule has 0 spiro atoms. The molecule has 1 aliphatic heterocycles. The monoisotopic (exact) mass is 275 g/mol. The Hall–Kier alpha value is -1.75. The first-order valence-electron chi connectivity index (χ1n) is 5.98. The summed E-state index contributed by atoms with van der Waals surface area (Å²) in [5.74, 6) is 0.528. The molecule has 1 aliphatic carbocycles. The van der Waals surface area contributed by atoms with Gasteiger partial charge in [0.05, 0.1) is 12.2 Å². The van der Waals surface area contributed by atoms with E-state index in [2.05, 4.69) is 11.1 Å². The summed E-state index contributed by atoms with van der Waals surface area (Å²) in [7, 11) is 1.65. The van der Waals surface area contributed by atoms with E-state index >= 15 is 0 Å². The van der Waals surface area contributed by atoms with Crippen LogP contribution in [0.2, 0.25) is 0 Å². The molecule has 2 aliphatic rings. The van der Waals surface area contributed by atoms with Gasteiger partial charge in [-0.3, -0.25) is 4.99 Å². The lowest BCUT2D eigenvalue weighted by molar-refractivity contribution is -0.137. The van der Waals surface area contributed by atoms with Crippen LogP contribution >= 0.6 is 11.8 Å². The first kappa shape index (κ1) is 12.3. The predicted molar refractivity (Wildman–Crippen MR) is 76.0 cm³/mol. The molecule has 0 saturated heterocycles. The van der Waals surface area contributed by atoms with Crippen molar-refractivity contribution in [2.24, 2.45) is 4.99 Å². The van der Waals surface area contributed by atoms with Gasteiger partial charge < -0.3 is 9.84 Å². The van der Waals surface area contributed by atoms with Gasteiger partial charge in [0.25, 0.3) is 0 Å². The Morgan fingerprint density at radius 3 is 3.05 bits per heavy atom. The zero-order chi connectivity index (χ0) is 13.4. The first-order chi connectivity index (χ1) is 9.17. The van der Waals surface area contributed by atoms with E-state index in [0.29, 0.717) is 5.75 Å². The highest BCUT2D eigenvalue weighted by molar-refractivity contribution is 8.14. The summed E-state index contributed by atoms with van der Waals surface area (Å²) < 4.78 is 5.21. The van der Waals surface area contributed by atoms with Gasteiger partial charge in [-0.2, -0.15) is 0 Å². The average molecular weight is 275 g/mol. The SMILES string of the molecule is COc1ccc2c(c1)CC(C1=N[C@@H](C(=O)O)CS1)=C2. The van der Waals surface area contributed by atoms with Crippen LogP contribution < -0.4 is 4.74 Å². The molecular weight excluding hydrogens is 262 g/mol. The van der Waals surface area contributed by atoms with Crippen LogP contribution in [-0.2, 0) is 11.2 Å². The number of hydrogen-bond acceptors (Lipinski definition) is 4. The number of ether oxygens (including phenoxy) is 1. The number of aliphatic imine (C=N–C) groups is 1. The Morgan fingerprint density at radius 2 is 2.37 bits per heavy atom. The molecule has 0 aromatic heterocycles. The molecule has 1 aromatic rings. The van der Waals surface area contributed by atoms with Crippen LogP contribution in [0.1, 0.15) is 11.1 Å². The van der Waals surface area contributed by atoms with Gasteiger partial charge in [-0.15, -0.1) is 11.8 Å². The smallest absolute Gasteiger partial charge is 0.329 e. The lowest BCUT2D eigenvalue weighted by Gasteiger charge is -2.03. The number of rotatable bonds is 3. The minimum atomic E-state index is -0.847. The molecule has 1 atom stereocenters. The molecule has 1 aromatic carbocycles. The van der Waals surface area contributed by atoms with Crippen molar-refractivity contribution in [3.63, 3.8) is 0 Å². The number of carboxylic acids is 1. The number of benzene rings is 1. The fraction of sp³-hybridized carbons (Fsp3) is 0.286. The second kappa shape index (κ2) is 4.74. The Kier molecular flexibility index (Phi) is 3.06. The molecule has 1 N–H and O–H groups in total. The van der Waals surface area contributed by atoms with E-state index in [1.54, 1.807) is 7.11 Å². The molecular formula is C14H13NO3S. The van der Waals surface area contributed by atoms with E-state index in [9.17, 15) is 4.79 Å². The zero-order valence-electron chi connectivity index (χ0n) is 10.4. The quantitative estimate of drug-likeness (QED) is 0.919. The molecule has 19 heavy (non-hydrogen) atoms. The molecule has 98 valence electrons. The van der Waals surface area contributed by atoms with Crippen molar-refractivity contribution < 1.29 is 14.6 Å². The molecule has 5 heteroatoms. The van der Waals surface area contributed by atoms with Crippen LogP contribution in [0, 0.1) is 0 Å². The highest BCUT2D eigenvalue weighted by atomic mass is 32.2. The second-order valence-electron chi connectivity index (χ2n) is 4.51. The van der Waals surface area contributed by atoms with E-state index in [-0.39, 0.29) is 0 Å². The highest BCUT2D eigenvalue weighted by Crippen LogP contribution is 2.33. The van der Waals surface area contributed by atoms with Crippen LogP contribution in [0.3, 0.4) is 0 Å². The van der Waals surface area contributed by atoms with Crippen molar-refractivity contribution in [3.8, 4) is 5.75 Å². The fourth-order valence-corrected chi connectivity index (χ4v) is 3.31. The van der Waals surface area contributed by atoms with Crippen LogP contribution in [-0.4, -0.2) is 35.0 Å². The Labute approximate surface area is 115 Å². The van der Waals surface area contributed by atoms with Gasteiger partial charge in [-0.25, -0.2) is 4.79 Å². The molecule has 0 amide bonds. The summed E-state index contributed by atoms with van der Waals surface area (Å²) >= 11 is 1.53. The standard InChI is InChI=1S/C14H13NO3S/c1-18-11-3-2-8-4-10(5-9(8)6-11)13-15-12(7-19-13)14(16)17/h2-4,6,12H,5,7H2,1H3,(H,16,17)/t12-/m1/s1. The molecule has 0 unspecified atom stereocenters. The van der Waals surface area contributed by atoms with Gasteiger partial charge >= 0.3 is 5.97 Å². The largest absolute Gasteiger partial charge is 0.497 e. The second-order valence-corrected chi connectivity index (χ2v) is 5.52. The maximum absolute atomic E-state index is 10.9. The van der Waals surface area contributed by atoms with E-state index in [4.69, 9.17) is 9.84 Å². The summed E-state index contributed by atoms with van der Waals surface area (Å²) in [6, 6.07) is 5.38. The molecule has 3 rings (SSSR count). The zero-order valence-corrected chi connectivity index (χ0v) is 11.2. The number of carboxylic acid groups (broad SMARTS) is 1.